The Labute approximate surface area is 119 Å². The predicted molar refractivity (Wildman–Crippen MR) is 84.6 cm³/mol. The molecule has 0 fully saturated rings. The van der Waals surface area contributed by atoms with Gasteiger partial charge in [-0.3, -0.25) is 4.79 Å². The van der Waals surface area contributed by atoms with Crippen LogP contribution in [0.15, 0.2) is 11.6 Å². The van der Waals surface area contributed by atoms with E-state index in [1.54, 1.807) is 0 Å². The molecule has 3 heteroatoms. The van der Waals surface area contributed by atoms with Crippen LogP contribution in [0.5, 0.6) is 0 Å². The first-order valence-corrected chi connectivity index (χ1v) is 9.73. The van der Waals surface area contributed by atoms with E-state index in [2.05, 4.69) is 26.7 Å². The molecule has 19 heavy (non-hydrogen) atoms. The van der Waals surface area contributed by atoms with Crippen LogP contribution < -0.4 is 0 Å². The lowest BCUT2D eigenvalue weighted by atomic mass is 10.0. The third-order valence-electron chi connectivity index (χ3n) is 3.95. The molecular formula is C16H28O2Si. The van der Waals surface area contributed by atoms with Gasteiger partial charge in [0.2, 0.25) is 0 Å². The molecule has 0 aromatic carbocycles. The lowest BCUT2D eigenvalue weighted by molar-refractivity contribution is -0.104. The van der Waals surface area contributed by atoms with Gasteiger partial charge in [0.1, 0.15) is 11.9 Å². The molecule has 0 saturated heterocycles. The van der Waals surface area contributed by atoms with Gasteiger partial charge >= 0.3 is 0 Å². The highest BCUT2D eigenvalue weighted by Crippen LogP contribution is 2.30. The van der Waals surface area contributed by atoms with E-state index in [1.807, 2.05) is 19.9 Å². The summed E-state index contributed by atoms with van der Waals surface area (Å²) in [4.78, 5) is 10.6. The van der Waals surface area contributed by atoms with E-state index in [4.69, 9.17) is 10.8 Å². The lowest BCUT2D eigenvalue weighted by Crippen LogP contribution is -2.45. The third-order valence-corrected chi connectivity index (χ3v) is 8.70. The maximum Gasteiger partial charge on any atom is 0.194 e. The summed E-state index contributed by atoms with van der Waals surface area (Å²) in [5.41, 5.74) is 0.248. The number of rotatable bonds is 9. The summed E-state index contributed by atoms with van der Waals surface area (Å²) >= 11 is 0. The van der Waals surface area contributed by atoms with Crippen LogP contribution in [-0.4, -0.2) is 20.2 Å². The van der Waals surface area contributed by atoms with Gasteiger partial charge in [-0.05, 0) is 50.4 Å². The molecule has 0 aromatic heterocycles. The molecule has 0 N–H and O–H groups in total. The van der Waals surface area contributed by atoms with Crippen LogP contribution >= 0.6 is 0 Å². The predicted octanol–water partition coefficient (Wildman–Crippen LogP) is 4.33. The number of hydrogen-bond donors (Lipinski definition) is 0. The fraction of sp³-hybridized carbons (Fsp3) is 0.688. The SMILES string of the molecule is C#CC(C)(CCC=C(C)C=O)O[Si](CC)(CC)CC. The van der Waals surface area contributed by atoms with Crippen molar-refractivity contribution in [1.82, 2.24) is 0 Å². The monoisotopic (exact) mass is 280 g/mol. The van der Waals surface area contributed by atoms with Crippen molar-refractivity contribution in [2.24, 2.45) is 0 Å². The van der Waals surface area contributed by atoms with Crippen molar-refractivity contribution in [3.05, 3.63) is 11.6 Å². The van der Waals surface area contributed by atoms with Crippen LogP contribution in [0.1, 0.15) is 47.5 Å². The van der Waals surface area contributed by atoms with E-state index in [1.165, 1.54) is 0 Å². The van der Waals surface area contributed by atoms with Crippen LogP contribution in [0.4, 0.5) is 0 Å². The lowest BCUT2D eigenvalue weighted by Gasteiger charge is -2.37. The van der Waals surface area contributed by atoms with Crippen molar-refractivity contribution in [1.29, 1.82) is 0 Å². The molecule has 0 aromatic rings. The highest BCUT2D eigenvalue weighted by atomic mass is 28.4. The molecule has 1 unspecified atom stereocenters. The van der Waals surface area contributed by atoms with Gasteiger partial charge in [0.15, 0.2) is 8.32 Å². The normalized spacial score (nSPS) is 15.7. The van der Waals surface area contributed by atoms with Crippen molar-refractivity contribution in [3.63, 3.8) is 0 Å². The van der Waals surface area contributed by atoms with E-state index in [9.17, 15) is 4.79 Å². The van der Waals surface area contributed by atoms with Gasteiger partial charge in [-0.1, -0.05) is 32.8 Å². The number of aldehydes is 1. The summed E-state index contributed by atoms with van der Waals surface area (Å²) in [6.07, 6.45) is 10.0. The number of terminal acetylenes is 1. The van der Waals surface area contributed by atoms with Crippen LogP contribution in [0.2, 0.25) is 18.1 Å². The fourth-order valence-electron chi connectivity index (χ4n) is 2.22. The minimum absolute atomic E-state index is 0.506. The second-order valence-electron chi connectivity index (χ2n) is 5.33. The van der Waals surface area contributed by atoms with Crippen LogP contribution in [0.25, 0.3) is 0 Å². The number of carbonyl (C=O) groups is 1. The number of allylic oxidation sites excluding steroid dienone is 2. The Hall–Kier alpha value is -0.853. The maximum absolute atomic E-state index is 10.6. The minimum Gasteiger partial charge on any atom is -0.401 e. The topological polar surface area (TPSA) is 26.3 Å². The summed E-state index contributed by atoms with van der Waals surface area (Å²) in [5, 5.41) is 0. The van der Waals surface area contributed by atoms with Gasteiger partial charge in [0, 0.05) is 0 Å². The first-order chi connectivity index (χ1) is 8.90. The Morgan fingerprint density at radius 1 is 1.32 bits per heavy atom. The smallest absolute Gasteiger partial charge is 0.194 e. The Morgan fingerprint density at radius 3 is 2.21 bits per heavy atom. The Kier molecular flexibility index (Phi) is 7.97. The summed E-state index contributed by atoms with van der Waals surface area (Å²) in [7, 11) is -1.69. The van der Waals surface area contributed by atoms with E-state index in [0.717, 1.165) is 42.8 Å². The Bertz CT molecular complexity index is 342. The Balaban J connectivity index is 4.78. The highest BCUT2D eigenvalue weighted by Gasteiger charge is 2.36. The van der Waals surface area contributed by atoms with Gasteiger partial charge in [0.25, 0.3) is 0 Å². The van der Waals surface area contributed by atoms with Crippen molar-refractivity contribution < 1.29 is 9.22 Å². The summed E-state index contributed by atoms with van der Waals surface area (Å²) in [6.45, 7) is 10.4. The van der Waals surface area contributed by atoms with Gasteiger partial charge in [-0.15, -0.1) is 6.42 Å². The molecule has 0 bridgehead atoms. The molecule has 1 atom stereocenters. The minimum atomic E-state index is -1.69. The molecule has 0 saturated carbocycles. The molecule has 2 nitrogen and oxygen atoms in total. The zero-order valence-electron chi connectivity index (χ0n) is 13.1. The summed E-state index contributed by atoms with van der Waals surface area (Å²) < 4.78 is 6.42. The summed E-state index contributed by atoms with van der Waals surface area (Å²) in [5.74, 6) is 2.82. The van der Waals surface area contributed by atoms with Gasteiger partial charge in [0.05, 0.1) is 0 Å². The molecule has 0 radical (unpaired) electrons. The second-order valence-corrected chi connectivity index (χ2v) is 10.0. The highest BCUT2D eigenvalue weighted by molar-refractivity contribution is 6.73. The third kappa shape index (κ3) is 5.75. The standard InChI is InChI=1S/C16H28O2Si/c1-7-16(6,13-11-12-15(5)14-17)18-19(8-2,9-3)10-4/h1,12,14H,8-11,13H2,2-6H3. The molecule has 0 heterocycles. The van der Waals surface area contributed by atoms with E-state index in [-0.39, 0.29) is 0 Å². The molecule has 0 aliphatic carbocycles. The van der Waals surface area contributed by atoms with Crippen molar-refractivity contribution in [2.75, 3.05) is 0 Å². The number of hydrogen-bond acceptors (Lipinski definition) is 2. The van der Waals surface area contributed by atoms with Crippen molar-refractivity contribution in [3.8, 4) is 12.3 Å². The molecule has 108 valence electrons. The van der Waals surface area contributed by atoms with Crippen LogP contribution in [0.3, 0.4) is 0 Å². The zero-order chi connectivity index (χ0) is 14.9. The van der Waals surface area contributed by atoms with Crippen molar-refractivity contribution >= 4 is 14.6 Å². The van der Waals surface area contributed by atoms with E-state index >= 15 is 0 Å². The van der Waals surface area contributed by atoms with Crippen LogP contribution in [0, 0.1) is 12.3 Å². The molecule has 0 aliphatic rings. The average molecular weight is 280 g/mol. The average Bonchev–Trinajstić information content (AvgIpc) is 2.44. The molecule has 0 amide bonds. The van der Waals surface area contributed by atoms with Gasteiger partial charge < -0.3 is 4.43 Å². The van der Waals surface area contributed by atoms with Gasteiger partial charge in [-0.25, -0.2) is 0 Å². The first kappa shape index (κ1) is 18.1. The van der Waals surface area contributed by atoms with Crippen molar-refractivity contribution in [2.45, 2.75) is 71.2 Å². The molecule has 0 spiro atoms. The molecular weight excluding hydrogens is 252 g/mol. The van der Waals surface area contributed by atoms with E-state index in [0.29, 0.717) is 0 Å². The zero-order valence-corrected chi connectivity index (χ0v) is 14.1. The number of carbonyl (C=O) groups excluding carboxylic acids is 1. The van der Waals surface area contributed by atoms with E-state index < -0.39 is 13.9 Å². The molecule has 0 aliphatic heterocycles. The Morgan fingerprint density at radius 2 is 1.84 bits per heavy atom. The summed E-state index contributed by atoms with van der Waals surface area (Å²) in [6, 6.07) is 3.29. The fourth-order valence-corrected chi connectivity index (χ4v) is 5.27. The first-order valence-electron chi connectivity index (χ1n) is 7.20. The molecule has 0 rings (SSSR count). The second kappa shape index (κ2) is 8.34. The van der Waals surface area contributed by atoms with Gasteiger partial charge in [-0.2, -0.15) is 0 Å². The van der Waals surface area contributed by atoms with Crippen LogP contribution in [-0.2, 0) is 9.22 Å². The largest absolute Gasteiger partial charge is 0.401 e. The maximum atomic E-state index is 10.6. The quantitative estimate of drug-likeness (QED) is 0.272.